The molecule has 0 fully saturated rings. The summed E-state index contributed by atoms with van der Waals surface area (Å²) in [6.07, 6.45) is 0.541. The number of halogens is 2. The van der Waals surface area contributed by atoms with Crippen LogP contribution < -0.4 is 11.4 Å². The van der Waals surface area contributed by atoms with Crippen molar-refractivity contribution >= 4 is 60.5 Å². The molecule has 2 rings (SSSR count). The van der Waals surface area contributed by atoms with Crippen molar-refractivity contribution in [2.24, 2.45) is 0 Å². The molecule has 23 heavy (non-hydrogen) atoms. The van der Waals surface area contributed by atoms with Crippen LogP contribution in [0.2, 0.25) is 0 Å². The number of rotatable bonds is 5. The van der Waals surface area contributed by atoms with Gasteiger partial charge in [-0.25, -0.2) is 9.66 Å². The highest BCUT2D eigenvalue weighted by Crippen LogP contribution is 2.29. The predicted octanol–water partition coefficient (Wildman–Crippen LogP) is 3.07. The molecule has 0 aliphatic heterocycles. The Balaban J connectivity index is 2.51. The van der Waals surface area contributed by atoms with Gasteiger partial charge in [-0.2, -0.15) is 0 Å². The average molecular weight is 465 g/mol. The van der Waals surface area contributed by atoms with Gasteiger partial charge in [0.1, 0.15) is 5.25 Å². The Hall–Kier alpha value is -1.06. The zero-order valence-electron chi connectivity index (χ0n) is 12.5. The van der Waals surface area contributed by atoms with Crippen LogP contribution in [0.15, 0.2) is 31.0 Å². The van der Waals surface area contributed by atoms with Gasteiger partial charge < -0.3 is 10.6 Å². The van der Waals surface area contributed by atoms with Gasteiger partial charge in [0, 0.05) is 8.95 Å². The monoisotopic (exact) mass is 463 g/mol. The molecule has 0 radical (unpaired) electrons. The maximum atomic E-state index is 12.4. The van der Waals surface area contributed by atoms with Crippen LogP contribution in [0.5, 0.6) is 0 Å². The van der Waals surface area contributed by atoms with Crippen LogP contribution in [0, 0.1) is 0 Å². The van der Waals surface area contributed by atoms with Gasteiger partial charge in [0.25, 0.3) is 5.56 Å². The summed E-state index contributed by atoms with van der Waals surface area (Å²) in [6.45, 7) is 3.91. The first-order valence-electron chi connectivity index (χ1n) is 6.89. The predicted molar refractivity (Wildman–Crippen MR) is 98.1 cm³/mol. The van der Waals surface area contributed by atoms with E-state index < -0.39 is 5.25 Å². The van der Waals surface area contributed by atoms with Crippen LogP contribution in [0.3, 0.4) is 0 Å². The van der Waals surface area contributed by atoms with E-state index in [4.69, 9.17) is 10.6 Å². The maximum Gasteiger partial charge on any atom is 0.319 e. The highest BCUT2D eigenvalue weighted by atomic mass is 79.9. The molecule has 0 bridgehead atoms. The minimum Gasteiger partial charge on any atom is -0.465 e. The minimum atomic E-state index is -0.469. The third kappa shape index (κ3) is 3.89. The lowest BCUT2D eigenvalue weighted by Gasteiger charge is -2.15. The van der Waals surface area contributed by atoms with Crippen molar-refractivity contribution in [2.45, 2.75) is 30.7 Å². The van der Waals surface area contributed by atoms with Gasteiger partial charge in [0.15, 0.2) is 5.16 Å². The number of thioether (sulfide) groups is 1. The zero-order chi connectivity index (χ0) is 17.1. The number of hydrogen-bond donors (Lipinski definition) is 1. The summed E-state index contributed by atoms with van der Waals surface area (Å²) in [6, 6.07) is 3.46. The van der Waals surface area contributed by atoms with E-state index in [0.29, 0.717) is 28.4 Å². The van der Waals surface area contributed by atoms with Crippen molar-refractivity contribution in [3.63, 3.8) is 0 Å². The van der Waals surface area contributed by atoms with Crippen molar-refractivity contribution in [2.75, 3.05) is 12.4 Å². The maximum absolute atomic E-state index is 12.4. The quantitative estimate of drug-likeness (QED) is 0.316. The number of nitrogen functional groups attached to an aromatic ring is 1. The lowest BCUT2D eigenvalue weighted by molar-refractivity contribution is -0.142. The molecule has 1 unspecified atom stereocenters. The van der Waals surface area contributed by atoms with Gasteiger partial charge >= 0.3 is 5.97 Å². The van der Waals surface area contributed by atoms with Gasteiger partial charge in [-0.1, -0.05) is 34.6 Å². The van der Waals surface area contributed by atoms with E-state index in [2.05, 4.69) is 36.8 Å². The first-order chi connectivity index (χ1) is 10.9. The van der Waals surface area contributed by atoms with E-state index in [0.717, 1.165) is 20.9 Å². The van der Waals surface area contributed by atoms with Crippen LogP contribution in [-0.2, 0) is 9.53 Å². The number of nitrogens with two attached hydrogens (primary N) is 1. The number of esters is 1. The van der Waals surface area contributed by atoms with E-state index in [1.807, 2.05) is 6.92 Å². The molecule has 124 valence electrons. The van der Waals surface area contributed by atoms with Crippen molar-refractivity contribution in [1.29, 1.82) is 0 Å². The van der Waals surface area contributed by atoms with Crippen molar-refractivity contribution in [3.8, 4) is 0 Å². The molecule has 0 saturated heterocycles. The Kier molecular flexibility index (Phi) is 6.10. The van der Waals surface area contributed by atoms with Crippen LogP contribution in [0.1, 0.15) is 20.3 Å². The first-order valence-corrected chi connectivity index (χ1v) is 9.35. The van der Waals surface area contributed by atoms with Crippen LogP contribution in [0.25, 0.3) is 10.9 Å². The molecule has 0 spiro atoms. The van der Waals surface area contributed by atoms with Gasteiger partial charge in [-0.15, -0.1) is 0 Å². The number of ether oxygens (including phenoxy) is 1. The summed E-state index contributed by atoms with van der Waals surface area (Å²) in [5.74, 6) is 5.52. The molecular formula is C14H15Br2N3O3S. The normalized spacial score (nSPS) is 12.3. The Morgan fingerprint density at radius 2 is 2.13 bits per heavy atom. The molecule has 1 atom stereocenters. The SMILES string of the molecule is CCOC(=O)C(CC)Sc1nc2c(Br)cc(Br)cc2c(=O)n1N. The van der Waals surface area contributed by atoms with Crippen molar-refractivity contribution in [3.05, 3.63) is 31.4 Å². The number of benzene rings is 1. The summed E-state index contributed by atoms with van der Waals surface area (Å²) in [5, 5.41) is 0.191. The second-order valence-corrected chi connectivity index (χ2v) is 7.56. The third-order valence-corrected chi connectivity index (χ3v) is 5.43. The van der Waals surface area contributed by atoms with Crippen molar-refractivity contribution < 1.29 is 9.53 Å². The zero-order valence-corrected chi connectivity index (χ0v) is 16.5. The summed E-state index contributed by atoms with van der Waals surface area (Å²) in [4.78, 5) is 28.8. The summed E-state index contributed by atoms with van der Waals surface area (Å²) < 4.78 is 7.42. The standard InChI is InChI=1S/C14H15Br2N3O3S/c1-3-10(13(21)22-4-2)23-14-18-11-8(12(20)19(14)17)5-7(15)6-9(11)16/h5-6,10H,3-4,17H2,1-2H3. The second kappa shape index (κ2) is 7.67. The number of aromatic nitrogens is 2. The number of fused-ring (bicyclic) bond motifs is 1. The Labute approximate surface area is 154 Å². The van der Waals surface area contributed by atoms with Crippen LogP contribution >= 0.6 is 43.6 Å². The molecule has 0 aliphatic rings. The number of carbonyl (C=O) groups excluding carboxylic acids is 1. The molecule has 1 heterocycles. The Morgan fingerprint density at radius 3 is 2.74 bits per heavy atom. The molecule has 1 aromatic carbocycles. The molecule has 0 saturated carbocycles. The van der Waals surface area contributed by atoms with Gasteiger partial charge in [0.05, 0.1) is 17.5 Å². The van der Waals surface area contributed by atoms with E-state index in [-0.39, 0.29) is 16.7 Å². The van der Waals surface area contributed by atoms with E-state index in [9.17, 15) is 9.59 Å². The molecule has 6 nitrogen and oxygen atoms in total. The topological polar surface area (TPSA) is 87.2 Å². The third-order valence-electron chi connectivity index (χ3n) is 3.06. The van der Waals surface area contributed by atoms with Crippen molar-refractivity contribution in [1.82, 2.24) is 9.66 Å². The molecule has 0 amide bonds. The van der Waals surface area contributed by atoms with Gasteiger partial charge in [-0.05, 0) is 41.4 Å². The summed E-state index contributed by atoms with van der Waals surface area (Å²) in [7, 11) is 0. The lowest BCUT2D eigenvalue weighted by atomic mass is 10.2. The van der Waals surface area contributed by atoms with Gasteiger partial charge in [-0.3, -0.25) is 9.59 Å². The molecule has 2 N–H and O–H groups in total. The van der Waals surface area contributed by atoms with E-state index in [1.165, 1.54) is 0 Å². The fourth-order valence-corrected chi connectivity index (χ4v) is 4.19. The lowest BCUT2D eigenvalue weighted by Crippen LogP contribution is -2.31. The van der Waals surface area contributed by atoms with Crippen LogP contribution in [0.4, 0.5) is 0 Å². The first kappa shape index (κ1) is 18.3. The molecular weight excluding hydrogens is 450 g/mol. The van der Waals surface area contributed by atoms with Gasteiger partial charge in [0.2, 0.25) is 0 Å². The largest absolute Gasteiger partial charge is 0.465 e. The molecule has 2 aromatic rings. The smallest absolute Gasteiger partial charge is 0.319 e. The fraction of sp³-hybridized carbons (Fsp3) is 0.357. The number of carbonyl (C=O) groups is 1. The number of nitrogens with zero attached hydrogens (tertiary/aromatic N) is 2. The second-order valence-electron chi connectivity index (χ2n) is 4.62. The summed E-state index contributed by atoms with van der Waals surface area (Å²) in [5.41, 5.74) is 0.124. The Bertz CT molecular complexity index is 810. The minimum absolute atomic E-state index is 0.269. The average Bonchev–Trinajstić information content (AvgIpc) is 2.50. The fourth-order valence-electron chi connectivity index (χ4n) is 1.95. The van der Waals surface area contributed by atoms with Crippen LogP contribution in [-0.4, -0.2) is 27.5 Å². The highest BCUT2D eigenvalue weighted by molar-refractivity contribution is 9.11. The molecule has 0 aliphatic carbocycles. The highest BCUT2D eigenvalue weighted by Gasteiger charge is 2.23. The van der Waals surface area contributed by atoms with E-state index >= 15 is 0 Å². The van der Waals surface area contributed by atoms with E-state index in [1.54, 1.807) is 19.1 Å². The summed E-state index contributed by atoms with van der Waals surface area (Å²) >= 11 is 7.86. The molecule has 1 aromatic heterocycles. The number of hydrogen-bond acceptors (Lipinski definition) is 6. The molecule has 9 heteroatoms. The Morgan fingerprint density at radius 1 is 1.43 bits per heavy atom.